The number of hydrogen-bond acceptors (Lipinski definition) is 3. The van der Waals surface area contributed by atoms with Crippen LogP contribution in [-0.4, -0.2) is 41.1 Å². The van der Waals surface area contributed by atoms with E-state index in [-0.39, 0.29) is 24.6 Å². The number of aliphatic hydroxyl groups excluding tert-OH is 1. The molecule has 1 rings (SSSR count). The van der Waals surface area contributed by atoms with Gasteiger partial charge in [0.15, 0.2) is 0 Å². The van der Waals surface area contributed by atoms with Gasteiger partial charge in [-0.3, -0.25) is 9.69 Å². The van der Waals surface area contributed by atoms with Crippen LogP contribution in [0, 0.1) is 0 Å². The number of aliphatic hydroxyl groups is 1. The van der Waals surface area contributed by atoms with Crippen LogP contribution in [0.3, 0.4) is 0 Å². The van der Waals surface area contributed by atoms with Gasteiger partial charge in [-0.1, -0.05) is 13.3 Å². The van der Waals surface area contributed by atoms with Crippen LogP contribution in [0.2, 0.25) is 0 Å². The molecule has 1 amide bonds. The molecule has 2 unspecified atom stereocenters. The first-order chi connectivity index (χ1) is 6.65. The van der Waals surface area contributed by atoms with Gasteiger partial charge in [0.2, 0.25) is 5.91 Å². The fourth-order valence-corrected chi connectivity index (χ4v) is 2.12. The SMILES string of the molecule is CCC(O)C1CCCCN1CC(N)=O. The van der Waals surface area contributed by atoms with Crippen molar-refractivity contribution in [1.82, 2.24) is 4.90 Å². The minimum Gasteiger partial charge on any atom is -0.392 e. The van der Waals surface area contributed by atoms with Crippen LogP contribution in [0.5, 0.6) is 0 Å². The number of rotatable bonds is 4. The van der Waals surface area contributed by atoms with Crippen LogP contribution in [0.4, 0.5) is 0 Å². The zero-order chi connectivity index (χ0) is 10.6. The van der Waals surface area contributed by atoms with E-state index < -0.39 is 0 Å². The van der Waals surface area contributed by atoms with E-state index in [1.807, 2.05) is 11.8 Å². The van der Waals surface area contributed by atoms with Crippen molar-refractivity contribution in [2.75, 3.05) is 13.1 Å². The topological polar surface area (TPSA) is 66.6 Å². The zero-order valence-electron chi connectivity index (χ0n) is 8.78. The van der Waals surface area contributed by atoms with Crippen molar-refractivity contribution in [3.8, 4) is 0 Å². The molecule has 82 valence electrons. The third-order valence-corrected chi connectivity index (χ3v) is 2.89. The molecule has 0 aromatic heterocycles. The number of primary amides is 1. The highest BCUT2D eigenvalue weighted by atomic mass is 16.3. The molecule has 0 bridgehead atoms. The van der Waals surface area contributed by atoms with Crippen LogP contribution in [0.25, 0.3) is 0 Å². The van der Waals surface area contributed by atoms with Crippen LogP contribution in [0.15, 0.2) is 0 Å². The van der Waals surface area contributed by atoms with E-state index in [2.05, 4.69) is 0 Å². The lowest BCUT2D eigenvalue weighted by molar-refractivity contribution is -0.120. The average Bonchev–Trinajstić information content (AvgIpc) is 2.16. The zero-order valence-corrected chi connectivity index (χ0v) is 8.78. The molecular weight excluding hydrogens is 180 g/mol. The van der Waals surface area contributed by atoms with Crippen molar-refractivity contribution in [2.24, 2.45) is 5.73 Å². The lowest BCUT2D eigenvalue weighted by Gasteiger charge is -2.37. The smallest absolute Gasteiger partial charge is 0.231 e. The van der Waals surface area contributed by atoms with E-state index >= 15 is 0 Å². The van der Waals surface area contributed by atoms with Gasteiger partial charge in [0.25, 0.3) is 0 Å². The van der Waals surface area contributed by atoms with E-state index in [1.165, 1.54) is 0 Å². The van der Waals surface area contributed by atoms with E-state index in [0.29, 0.717) is 0 Å². The van der Waals surface area contributed by atoms with Gasteiger partial charge >= 0.3 is 0 Å². The van der Waals surface area contributed by atoms with Crippen LogP contribution >= 0.6 is 0 Å². The Bertz CT molecular complexity index is 197. The van der Waals surface area contributed by atoms with E-state index in [0.717, 1.165) is 32.2 Å². The standard InChI is InChI=1S/C10H20N2O2/c1-2-9(13)8-5-3-4-6-12(8)7-10(11)14/h8-9,13H,2-7H2,1H3,(H2,11,14). The molecule has 0 aromatic carbocycles. The number of likely N-dealkylation sites (tertiary alicyclic amines) is 1. The molecular formula is C10H20N2O2. The van der Waals surface area contributed by atoms with Crippen molar-refractivity contribution in [2.45, 2.75) is 44.8 Å². The second kappa shape index (κ2) is 5.32. The molecule has 1 aliphatic heterocycles. The maximum atomic E-state index is 10.8. The molecule has 0 saturated carbocycles. The molecule has 4 nitrogen and oxygen atoms in total. The van der Waals surface area contributed by atoms with Gasteiger partial charge in [0.1, 0.15) is 0 Å². The molecule has 1 fully saturated rings. The number of carbonyl (C=O) groups is 1. The number of carbonyl (C=O) groups excluding carboxylic acids is 1. The highest BCUT2D eigenvalue weighted by molar-refractivity contribution is 5.75. The second-order valence-electron chi connectivity index (χ2n) is 3.98. The lowest BCUT2D eigenvalue weighted by Crippen LogP contribution is -2.49. The molecule has 1 aliphatic rings. The summed E-state index contributed by atoms with van der Waals surface area (Å²) in [4.78, 5) is 12.8. The Morgan fingerprint density at radius 1 is 1.64 bits per heavy atom. The molecule has 0 radical (unpaired) electrons. The molecule has 0 spiro atoms. The van der Waals surface area contributed by atoms with Crippen LogP contribution in [-0.2, 0) is 4.79 Å². The van der Waals surface area contributed by atoms with Crippen molar-refractivity contribution in [3.63, 3.8) is 0 Å². The highest BCUT2D eigenvalue weighted by Crippen LogP contribution is 2.20. The first-order valence-electron chi connectivity index (χ1n) is 5.35. The summed E-state index contributed by atoms with van der Waals surface area (Å²) in [5.74, 6) is -0.305. The fourth-order valence-electron chi connectivity index (χ4n) is 2.12. The monoisotopic (exact) mass is 200 g/mol. The van der Waals surface area contributed by atoms with Crippen LogP contribution < -0.4 is 5.73 Å². The van der Waals surface area contributed by atoms with Gasteiger partial charge in [-0.15, -0.1) is 0 Å². The second-order valence-corrected chi connectivity index (χ2v) is 3.98. The number of nitrogens with two attached hydrogens (primary N) is 1. The molecule has 1 saturated heterocycles. The number of hydrogen-bond donors (Lipinski definition) is 2. The summed E-state index contributed by atoms with van der Waals surface area (Å²) in [6.45, 7) is 3.12. The number of piperidine rings is 1. The van der Waals surface area contributed by atoms with Crippen molar-refractivity contribution >= 4 is 5.91 Å². The molecule has 4 heteroatoms. The van der Waals surface area contributed by atoms with Crippen molar-refractivity contribution in [1.29, 1.82) is 0 Å². The summed E-state index contributed by atoms with van der Waals surface area (Å²) in [5.41, 5.74) is 5.16. The third kappa shape index (κ3) is 2.96. The summed E-state index contributed by atoms with van der Waals surface area (Å²) >= 11 is 0. The predicted molar refractivity (Wildman–Crippen MR) is 54.7 cm³/mol. The minimum atomic E-state index is -0.324. The highest BCUT2D eigenvalue weighted by Gasteiger charge is 2.28. The van der Waals surface area contributed by atoms with Crippen molar-refractivity contribution in [3.05, 3.63) is 0 Å². The van der Waals surface area contributed by atoms with Gasteiger partial charge in [-0.05, 0) is 25.8 Å². The quantitative estimate of drug-likeness (QED) is 0.676. The summed E-state index contributed by atoms with van der Waals surface area (Å²) < 4.78 is 0. The summed E-state index contributed by atoms with van der Waals surface area (Å²) in [5, 5.41) is 9.77. The Hall–Kier alpha value is -0.610. The van der Waals surface area contributed by atoms with Gasteiger partial charge < -0.3 is 10.8 Å². The Balaban J connectivity index is 2.54. The molecule has 2 atom stereocenters. The summed E-state index contributed by atoms with van der Waals surface area (Å²) in [6.07, 6.45) is 3.62. The molecule has 3 N–H and O–H groups in total. The number of amides is 1. The number of nitrogens with zero attached hydrogens (tertiary/aromatic N) is 1. The van der Waals surface area contributed by atoms with Gasteiger partial charge in [-0.2, -0.15) is 0 Å². The molecule has 1 heterocycles. The maximum Gasteiger partial charge on any atom is 0.231 e. The maximum absolute atomic E-state index is 10.8. The normalized spacial score (nSPS) is 26.0. The summed E-state index contributed by atoms with van der Waals surface area (Å²) in [7, 11) is 0. The Kier molecular flexibility index (Phi) is 4.35. The first kappa shape index (κ1) is 11.5. The van der Waals surface area contributed by atoms with Crippen molar-refractivity contribution < 1.29 is 9.90 Å². The lowest BCUT2D eigenvalue weighted by atomic mass is 9.96. The van der Waals surface area contributed by atoms with E-state index in [9.17, 15) is 9.90 Å². The largest absolute Gasteiger partial charge is 0.392 e. The average molecular weight is 200 g/mol. The van der Waals surface area contributed by atoms with Gasteiger partial charge in [0, 0.05) is 6.04 Å². The molecule has 14 heavy (non-hydrogen) atoms. The van der Waals surface area contributed by atoms with Crippen LogP contribution in [0.1, 0.15) is 32.6 Å². The Morgan fingerprint density at radius 3 is 2.93 bits per heavy atom. The minimum absolute atomic E-state index is 0.126. The Labute approximate surface area is 85.1 Å². The molecule has 0 aliphatic carbocycles. The fraction of sp³-hybridized carbons (Fsp3) is 0.900. The third-order valence-electron chi connectivity index (χ3n) is 2.89. The molecule has 0 aromatic rings. The van der Waals surface area contributed by atoms with Gasteiger partial charge in [0.05, 0.1) is 12.6 Å². The first-order valence-corrected chi connectivity index (χ1v) is 5.35. The van der Waals surface area contributed by atoms with E-state index in [4.69, 9.17) is 5.73 Å². The van der Waals surface area contributed by atoms with Gasteiger partial charge in [-0.25, -0.2) is 0 Å². The van der Waals surface area contributed by atoms with E-state index in [1.54, 1.807) is 0 Å². The Morgan fingerprint density at radius 2 is 2.36 bits per heavy atom. The summed E-state index contributed by atoms with van der Waals surface area (Å²) in [6, 6.07) is 0.126. The predicted octanol–water partition coefficient (Wildman–Crippen LogP) is 0.0971.